The van der Waals surface area contributed by atoms with Crippen LogP contribution >= 0.6 is 11.3 Å². The zero-order chi connectivity index (χ0) is 14.7. The second-order valence-corrected chi connectivity index (χ2v) is 5.97. The largest absolute Gasteiger partial charge is 0.382 e. The van der Waals surface area contributed by atoms with Crippen LogP contribution in [-0.4, -0.2) is 36.1 Å². The van der Waals surface area contributed by atoms with E-state index >= 15 is 0 Å². The number of anilines is 2. The summed E-state index contributed by atoms with van der Waals surface area (Å²) in [6, 6.07) is 0.0747. The molecule has 2 unspecified atom stereocenters. The van der Waals surface area contributed by atoms with Gasteiger partial charge in [0.05, 0.1) is 0 Å². The lowest BCUT2D eigenvalue weighted by molar-refractivity contribution is 0.0945. The Labute approximate surface area is 122 Å². The topological polar surface area (TPSA) is 97.3 Å². The Morgan fingerprint density at radius 1 is 1.75 bits per heavy atom. The molecule has 0 saturated carbocycles. The number of nitrogens with one attached hydrogen (secondary N) is 1. The van der Waals surface area contributed by atoms with E-state index in [9.17, 15) is 4.79 Å². The lowest BCUT2D eigenvalue weighted by Crippen LogP contribution is -2.32. The molecule has 0 aromatic carbocycles. The fourth-order valence-electron chi connectivity index (χ4n) is 2.10. The maximum Gasteiger partial charge on any atom is 0.265 e. The number of terminal acetylenes is 1. The Bertz CT molecular complexity index is 535. The molecular formula is C13H19N5OS. The maximum atomic E-state index is 12.1. The highest BCUT2D eigenvalue weighted by atomic mass is 32.1. The number of nitrogens with two attached hydrogens (primary N) is 2. The van der Waals surface area contributed by atoms with E-state index < -0.39 is 0 Å². The van der Waals surface area contributed by atoms with Gasteiger partial charge < -0.3 is 21.7 Å². The number of carbonyl (C=O) groups is 1. The summed E-state index contributed by atoms with van der Waals surface area (Å²) in [4.78, 5) is 18.9. The summed E-state index contributed by atoms with van der Waals surface area (Å²) in [5.74, 6) is 2.55. The number of amides is 1. The highest BCUT2D eigenvalue weighted by molar-refractivity contribution is 7.18. The van der Waals surface area contributed by atoms with Crippen LogP contribution in [0.2, 0.25) is 0 Å². The van der Waals surface area contributed by atoms with Crippen LogP contribution in [0.4, 0.5) is 10.9 Å². The Morgan fingerprint density at radius 3 is 3.10 bits per heavy atom. The van der Waals surface area contributed by atoms with Crippen molar-refractivity contribution in [3.05, 3.63) is 4.88 Å². The van der Waals surface area contributed by atoms with Crippen molar-refractivity contribution in [1.82, 2.24) is 10.3 Å². The summed E-state index contributed by atoms with van der Waals surface area (Å²) in [7, 11) is 0. The van der Waals surface area contributed by atoms with Gasteiger partial charge in [-0.15, -0.1) is 12.3 Å². The molecule has 1 aromatic rings. The summed E-state index contributed by atoms with van der Waals surface area (Å²) in [6.07, 6.45) is 6.63. The number of nitrogen functional groups attached to an aromatic ring is 1. The van der Waals surface area contributed by atoms with Crippen LogP contribution in [-0.2, 0) is 0 Å². The van der Waals surface area contributed by atoms with Gasteiger partial charge in [-0.25, -0.2) is 4.98 Å². The van der Waals surface area contributed by atoms with Crippen LogP contribution in [0.15, 0.2) is 0 Å². The third-order valence-electron chi connectivity index (χ3n) is 3.15. The number of rotatable bonds is 4. The van der Waals surface area contributed by atoms with Crippen molar-refractivity contribution in [2.24, 2.45) is 5.73 Å². The van der Waals surface area contributed by atoms with Crippen molar-refractivity contribution in [1.29, 1.82) is 0 Å². The summed E-state index contributed by atoms with van der Waals surface area (Å²) in [5, 5.41) is 3.57. The van der Waals surface area contributed by atoms with Crippen LogP contribution < -0.4 is 21.7 Å². The van der Waals surface area contributed by atoms with Gasteiger partial charge in [0.25, 0.3) is 5.91 Å². The van der Waals surface area contributed by atoms with E-state index in [2.05, 4.69) is 21.1 Å². The van der Waals surface area contributed by atoms with E-state index in [1.807, 2.05) is 6.92 Å². The molecule has 7 heteroatoms. The fourth-order valence-corrected chi connectivity index (χ4v) is 3.02. The van der Waals surface area contributed by atoms with Gasteiger partial charge in [-0.1, -0.05) is 11.3 Å². The van der Waals surface area contributed by atoms with Gasteiger partial charge in [-0.3, -0.25) is 4.79 Å². The fraction of sp³-hybridized carbons (Fsp3) is 0.538. The number of hydrogen-bond acceptors (Lipinski definition) is 6. The molecule has 0 radical (unpaired) electrons. The highest BCUT2D eigenvalue weighted by Gasteiger charge is 2.25. The van der Waals surface area contributed by atoms with Crippen molar-refractivity contribution in [3.8, 4) is 12.3 Å². The first-order valence-corrected chi connectivity index (χ1v) is 7.34. The highest BCUT2D eigenvalue weighted by Crippen LogP contribution is 2.30. The first kappa shape index (κ1) is 14.6. The van der Waals surface area contributed by atoms with Gasteiger partial charge in [0.2, 0.25) is 0 Å². The third kappa shape index (κ3) is 3.21. The number of aromatic nitrogens is 1. The molecule has 1 aliphatic heterocycles. The molecule has 6 nitrogen and oxygen atoms in total. The molecule has 108 valence electrons. The standard InChI is InChI=1S/C13H19N5OS/c1-3-4-8(2)16-12(19)10-11(15)17-13(20-10)18-6-5-9(14)7-18/h1,8-9H,4-7,14-15H2,2H3,(H,16,19). The second-order valence-electron chi connectivity index (χ2n) is 4.99. The summed E-state index contributed by atoms with van der Waals surface area (Å²) in [5.41, 5.74) is 11.7. The molecule has 2 heterocycles. The minimum absolute atomic E-state index is 0.0855. The van der Waals surface area contributed by atoms with Crippen LogP contribution in [0.25, 0.3) is 0 Å². The number of carbonyl (C=O) groups excluding carboxylic acids is 1. The molecule has 0 spiro atoms. The van der Waals surface area contributed by atoms with Crippen LogP contribution in [0.1, 0.15) is 29.4 Å². The second kappa shape index (κ2) is 6.11. The van der Waals surface area contributed by atoms with Gasteiger partial charge in [0.15, 0.2) is 5.13 Å². The van der Waals surface area contributed by atoms with Crippen molar-refractivity contribution < 1.29 is 4.79 Å². The van der Waals surface area contributed by atoms with Crippen molar-refractivity contribution in [2.75, 3.05) is 23.7 Å². The first-order valence-electron chi connectivity index (χ1n) is 6.52. The number of nitrogens with zero attached hydrogens (tertiary/aromatic N) is 2. The van der Waals surface area contributed by atoms with E-state index in [0.717, 1.165) is 24.6 Å². The SMILES string of the molecule is C#CCC(C)NC(=O)c1sc(N2CCC(N)C2)nc1N. The lowest BCUT2D eigenvalue weighted by atomic mass is 10.2. The Balaban J connectivity index is 2.07. The maximum absolute atomic E-state index is 12.1. The van der Waals surface area contributed by atoms with Crippen LogP contribution in [0.3, 0.4) is 0 Å². The van der Waals surface area contributed by atoms with Gasteiger partial charge >= 0.3 is 0 Å². The average molecular weight is 293 g/mol. The van der Waals surface area contributed by atoms with Crippen LogP contribution in [0.5, 0.6) is 0 Å². The zero-order valence-corrected chi connectivity index (χ0v) is 12.2. The van der Waals surface area contributed by atoms with E-state index in [4.69, 9.17) is 17.9 Å². The summed E-state index contributed by atoms with van der Waals surface area (Å²) < 4.78 is 0. The third-order valence-corrected chi connectivity index (χ3v) is 4.28. The molecule has 1 aliphatic rings. The molecule has 1 amide bonds. The molecule has 2 rings (SSSR count). The molecule has 1 aromatic heterocycles. The Kier molecular flexibility index (Phi) is 4.47. The van der Waals surface area contributed by atoms with E-state index in [1.165, 1.54) is 11.3 Å². The van der Waals surface area contributed by atoms with E-state index in [-0.39, 0.29) is 23.8 Å². The van der Waals surface area contributed by atoms with Gasteiger partial charge in [-0.05, 0) is 13.3 Å². The zero-order valence-electron chi connectivity index (χ0n) is 11.4. The minimum Gasteiger partial charge on any atom is -0.382 e. The molecule has 0 aliphatic carbocycles. The predicted octanol–water partition coefficient (Wildman–Crippen LogP) is 0.404. The quantitative estimate of drug-likeness (QED) is 0.698. The molecule has 1 fully saturated rings. The molecule has 5 N–H and O–H groups in total. The number of hydrogen-bond donors (Lipinski definition) is 3. The van der Waals surface area contributed by atoms with Crippen molar-refractivity contribution >= 4 is 28.2 Å². The lowest BCUT2D eigenvalue weighted by Gasteiger charge is -2.13. The van der Waals surface area contributed by atoms with E-state index in [0.29, 0.717) is 11.3 Å². The molecule has 20 heavy (non-hydrogen) atoms. The van der Waals surface area contributed by atoms with Crippen molar-refractivity contribution in [2.45, 2.75) is 31.8 Å². The van der Waals surface area contributed by atoms with Gasteiger partial charge in [0.1, 0.15) is 10.7 Å². The molecular weight excluding hydrogens is 274 g/mol. The smallest absolute Gasteiger partial charge is 0.265 e. The first-order chi connectivity index (χ1) is 9.51. The number of thiazole rings is 1. The average Bonchev–Trinajstić information content (AvgIpc) is 2.95. The Hall–Kier alpha value is -1.78. The molecule has 1 saturated heterocycles. The summed E-state index contributed by atoms with van der Waals surface area (Å²) in [6.45, 7) is 3.46. The minimum atomic E-state index is -0.225. The van der Waals surface area contributed by atoms with E-state index in [1.54, 1.807) is 0 Å². The summed E-state index contributed by atoms with van der Waals surface area (Å²) >= 11 is 1.30. The molecule has 2 atom stereocenters. The monoisotopic (exact) mass is 293 g/mol. The predicted molar refractivity (Wildman–Crippen MR) is 81.7 cm³/mol. The van der Waals surface area contributed by atoms with Gasteiger partial charge in [-0.2, -0.15) is 0 Å². The van der Waals surface area contributed by atoms with Crippen molar-refractivity contribution in [3.63, 3.8) is 0 Å². The Morgan fingerprint density at radius 2 is 2.50 bits per heavy atom. The van der Waals surface area contributed by atoms with Crippen LogP contribution in [0, 0.1) is 12.3 Å². The van der Waals surface area contributed by atoms with Gasteiger partial charge in [0, 0.05) is 31.6 Å². The normalized spacial score (nSPS) is 19.6. The molecule has 0 bridgehead atoms.